The Labute approximate surface area is 146 Å². The lowest BCUT2D eigenvalue weighted by Crippen LogP contribution is -2.35. The third-order valence-corrected chi connectivity index (χ3v) is 5.16. The molecule has 0 unspecified atom stereocenters. The predicted molar refractivity (Wildman–Crippen MR) is 96.5 cm³/mol. The van der Waals surface area contributed by atoms with Crippen LogP contribution >= 0.6 is 0 Å². The Bertz CT molecular complexity index is 874. The molecule has 5 rings (SSSR count). The van der Waals surface area contributed by atoms with Crippen molar-refractivity contribution in [1.29, 1.82) is 0 Å². The second-order valence-electron chi connectivity index (χ2n) is 7.29. The summed E-state index contributed by atoms with van der Waals surface area (Å²) in [7, 11) is 0. The minimum absolute atomic E-state index is 0.332. The Morgan fingerprint density at radius 1 is 1.12 bits per heavy atom. The minimum atomic E-state index is 0.332. The van der Waals surface area contributed by atoms with Gasteiger partial charge in [0.05, 0.1) is 12.2 Å². The average Bonchev–Trinajstić information content (AvgIpc) is 3.36. The quantitative estimate of drug-likeness (QED) is 0.750. The fourth-order valence-electron chi connectivity index (χ4n) is 3.47. The maximum atomic E-state index is 5.96. The van der Waals surface area contributed by atoms with Crippen molar-refractivity contribution in [1.82, 2.24) is 19.4 Å². The van der Waals surface area contributed by atoms with Gasteiger partial charge in [0.25, 0.3) is 0 Å². The molecule has 0 radical (unpaired) electrons. The molecule has 25 heavy (non-hydrogen) atoms. The van der Waals surface area contributed by atoms with Crippen molar-refractivity contribution in [2.75, 3.05) is 5.32 Å². The SMILES string of the molecule is NC1CC(c2cc(NCc3cn4ccccc4n3)nc(C3CC3)n2)C1. The van der Waals surface area contributed by atoms with Gasteiger partial charge >= 0.3 is 0 Å². The fraction of sp³-hybridized carbons (Fsp3) is 0.421. The summed E-state index contributed by atoms with van der Waals surface area (Å²) in [5.41, 5.74) is 9.07. The van der Waals surface area contributed by atoms with Crippen molar-refractivity contribution < 1.29 is 0 Å². The fourth-order valence-corrected chi connectivity index (χ4v) is 3.47. The van der Waals surface area contributed by atoms with Gasteiger partial charge in [-0.25, -0.2) is 15.0 Å². The first-order valence-electron chi connectivity index (χ1n) is 9.05. The van der Waals surface area contributed by atoms with E-state index in [1.54, 1.807) is 0 Å². The van der Waals surface area contributed by atoms with Gasteiger partial charge in [0.15, 0.2) is 0 Å². The molecule has 3 heterocycles. The first kappa shape index (κ1) is 14.8. The van der Waals surface area contributed by atoms with Gasteiger partial charge in [-0.15, -0.1) is 0 Å². The summed E-state index contributed by atoms with van der Waals surface area (Å²) in [4.78, 5) is 14.2. The molecule has 6 nitrogen and oxygen atoms in total. The zero-order valence-corrected chi connectivity index (χ0v) is 14.1. The van der Waals surface area contributed by atoms with Crippen LogP contribution in [0.1, 0.15) is 54.7 Å². The van der Waals surface area contributed by atoms with E-state index in [1.807, 2.05) is 28.8 Å². The minimum Gasteiger partial charge on any atom is -0.364 e. The second kappa shape index (κ2) is 5.81. The Morgan fingerprint density at radius 3 is 2.76 bits per heavy atom. The standard InChI is InChI=1S/C19H22N6/c20-14-7-13(8-14)16-9-17(24-19(23-16)12-4-5-12)21-10-15-11-25-6-2-1-3-18(25)22-15/h1-3,6,9,11-14H,4-5,7-8,10,20H2,(H,21,23,24). The lowest BCUT2D eigenvalue weighted by Gasteiger charge is -2.32. The Hall–Kier alpha value is -2.47. The zero-order chi connectivity index (χ0) is 16.8. The number of nitrogens with one attached hydrogen (secondary N) is 1. The van der Waals surface area contributed by atoms with Crippen molar-refractivity contribution >= 4 is 11.5 Å². The van der Waals surface area contributed by atoms with Crippen LogP contribution in [0, 0.1) is 0 Å². The van der Waals surface area contributed by atoms with E-state index in [2.05, 4.69) is 22.6 Å². The largest absolute Gasteiger partial charge is 0.364 e. The van der Waals surface area contributed by atoms with Gasteiger partial charge in [0.1, 0.15) is 17.3 Å². The highest BCUT2D eigenvalue weighted by atomic mass is 15.1. The first-order valence-corrected chi connectivity index (χ1v) is 9.05. The van der Waals surface area contributed by atoms with Crippen LogP contribution in [-0.4, -0.2) is 25.4 Å². The summed E-state index contributed by atoms with van der Waals surface area (Å²) in [6, 6.07) is 8.45. The lowest BCUT2D eigenvalue weighted by molar-refractivity contribution is 0.344. The van der Waals surface area contributed by atoms with Gasteiger partial charge < -0.3 is 15.5 Å². The van der Waals surface area contributed by atoms with E-state index in [0.29, 0.717) is 24.4 Å². The number of aromatic nitrogens is 4. The van der Waals surface area contributed by atoms with E-state index >= 15 is 0 Å². The Morgan fingerprint density at radius 2 is 2.00 bits per heavy atom. The molecule has 3 N–H and O–H groups in total. The van der Waals surface area contributed by atoms with Gasteiger partial charge in [-0.2, -0.15) is 0 Å². The molecule has 0 amide bonds. The highest BCUT2D eigenvalue weighted by molar-refractivity contribution is 5.42. The highest BCUT2D eigenvalue weighted by Crippen LogP contribution is 2.41. The van der Waals surface area contributed by atoms with Gasteiger partial charge in [0, 0.05) is 42.0 Å². The van der Waals surface area contributed by atoms with E-state index in [4.69, 9.17) is 15.7 Å². The molecule has 3 aromatic heterocycles. The number of pyridine rings is 1. The normalized spacial score (nSPS) is 22.8. The third kappa shape index (κ3) is 2.98. The molecule has 0 atom stereocenters. The molecule has 0 aliphatic heterocycles. The van der Waals surface area contributed by atoms with E-state index in [0.717, 1.165) is 41.5 Å². The number of nitrogens with zero attached hydrogens (tertiary/aromatic N) is 4. The van der Waals surface area contributed by atoms with E-state index in [1.165, 1.54) is 12.8 Å². The van der Waals surface area contributed by atoms with E-state index < -0.39 is 0 Å². The molecule has 3 aromatic rings. The number of fused-ring (bicyclic) bond motifs is 1. The summed E-state index contributed by atoms with van der Waals surface area (Å²) in [5.74, 6) is 2.94. The van der Waals surface area contributed by atoms with E-state index in [9.17, 15) is 0 Å². The third-order valence-electron chi connectivity index (χ3n) is 5.16. The summed E-state index contributed by atoms with van der Waals surface area (Å²) in [5, 5.41) is 3.44. The van der Waals surface area contributed by atoms with Crippen molar-refractivity contribution in [3.05, 3.63) is 53.9 Å². The maximum absolute atomic E-state index is 5.96. The predicted octanol–water partition coefficient (Wildman–Crippen LogP) is 2.82. The summed E-state index contributed by atoms with van der Waals surface area (Å²) in [6.07, 6.45) is 8.55. The van der Waals surface area contributed by atoms with Crippen LogP contribution in [0.5, 0.6) is 0 Å². The number of imidazole rings is 1. The molecular weight excluding hydrogens is 312 g/mol. The number of hydrogen-bond acceptors (Lipinski definition) is 5. The molecular formula is C19H22N6. The van der Waals surface area contributed by atoms with Gasteiger partial charge in [-0.1, -0.05) is 6.07 Å². The Kier molecular flexibility index (Phi) is 3.45. The van der Waals surface area contributed by atoms with Crippen LogP contribution in [0.25, 0.3) is 5.65 Å². The number of nitrogens with two attached hydrogens (primary N) is 1. The molecule has 2 saturated carbocycles. The molecule has 0 aromatic carbocycles. The topological polar surface area (TPSA) is 81.1 Å². The van der Waals surface area contributed by atoms with Crippen molar-refractivity contribution in [3.8, 4) is 0 Å². The maximum Gasteiger partial charge on any atom is 0.137 e. The van der Waals surface area contributed by atoms with Gasteiger partial charge in [-0.3, -0.25) is 0 Å². The molecule has 2 fully saturated rings. The average molecular weight is 334 g/mol. The van der Waals surface area contributed by atoms with Gasteiger partial charge in [-0.05, 0) is 37.8 Å². The monoisotopic (exact) mass is 334 g/mol. The summed E-state index contributed by atoms with van der Waals surface area (Å²) in [6.45, 7) is 0.659. The van der Waals surface area contributed by atoms with Crippen molar-refractivity contribution in [2.24, 2.45) is 5.73 Å². The Balaban J connectivity index is 1.37. The van der Waals surface area contributed by atoms with E-state index in [-0.39, 0.29) is 0 Å². The smallest absolute Gasteiger partial charge is 0.137 e. The highest BCUT2D eigenvalue weighted by Gasteiger charge is 2.32. The molecule has 0 saturated heterocycles. The van der Waals surface area contributed by atoms with Crippen LogP contribution in [0.4, 0.5) is 5.82 Å². The lowest BCUT2D eigenvalue weighted by atomic mass is 9.78. The summed E-state index contributed by atoms with van der Waals surface area (Å²) >= 11 is 0. The first-order chi connectivity index (χ1) is 12.2. The van der Waals surface area contributed by atoms with Crippen LogP contribution in [0.2, 0.25) is 0 Å². The molecule has 6 heteroatoms. The van der Waals surface area contributed by atoms with Crippen LogP contribution in [0.15, 0.2) is 36.7 Å². The molecule has 128 valence electrons. The van der Waals surface area contributed by atoms with Crippen molar-refractivity contribution in [2.45, 2.75) is 50.1 Å². The number of anilines is 1. The van der Waals surface area contributed by atoms with Crippen LogP contribution in [0.3, 0.4) is 0 Å². The molecule has 0 spiro atoms. The van der Waals surface area contributed by atoms with Crippen molar-refractivity contribution in [3.63, 3.8) is 0 Å². The molecule has 0 bridgehead atoms. The second-order valence-corrected chi connectivity index (χ2v) is 7.29. The number of rotatable bonds is 5. The molecule has 2 aliphatic rings. The molecule has 2 aliphatic carbocycles. The summed E-state index contributed by atoms with van der Waals surface area (Å²) < 4.78 is 2.04. The van der Waals surface area contributed by atoms with Gasteiger partial charge in [0.2, 0.25) is 0 Å². The van der Waals surface area contributed by atoms with Crippen LogP contribution < -0.4 is 11.1 Å². The number of hydrogen-bond donors (Lipinski definition) is 2. The van der Waals surface area contributed by atoms with Crippen LogP contribution in [-0.2, 0) is 6.54 Å². The zero-order valence-electron chi connectivity index (χ0n) is 14.1.